The van der Waals surface area contributed by atoms with Crippen molar-refractivity contribution < 1.29 is 19.1 Å². The zero-order valence-electron chi connectivity index (χ0n) is 18.4. The number of nitrogens with one attached hydrogen (secondary N) is 1. The van der Waals surface area contributed by atoms with Gasteiger partial charge < -0.3 is 19.7 Å². The largest absolute Gasteiger partial charge is 0.454 e. The van der Waals surface area contributed by atoms with Crippen molar-refractivity contribution in [3.8, 4) is 11.5 Å². The molecule has 7 nitrogen and oxygen atoms in total. The van der Waals surface area contributed by atoms with Gasteiger partial charge in [0.2, 0.25) is 12.7 Å². The molecule has 2 aliphatic rings. The second kappa shape index (κ2) is 8.94. The minimum atomic E-state index is -0.575. The number of nitrogens with zero attached hydrogens (tertiary/aromatic N) is 2. The highest BCUT2D eigenvalue weighted by Gasteiger charge is 2.44. The minimum absolute atomic E-state index is 0.0658. The van der Waals surface area contributed by atoms with Crippen LogP contribution >= 0.6 is 0 Å². The number of pyridine rings is 1. The van der Waals surface area contributed by atoms with Crippen molar-refractivity contribution >= 4 is 11.8 Å². The molecule has 2 aliphatic heterocycles. The number of aromatic nitrogens is 1. The third-order valence-corrected chi connectivity index (χ3v) is 6.09. The van der Waals surface area contributed by atoms with Crippen molar-refractivity contribution in [3.05, 3.63) is 89.2 Å². The van der Waals surface area contributed by atoms with E-state index in [-0.39, 0.29) is 18.6 Å². The van der Waals surface area contributed by atoms with E-state index in [1.54, 1.807) is 12.3 Å². The van der Waals surface area contributed by atoms with Crippen LogP contribution in [0.1, 0.15) is 52.5 Å². The highest BCUT2D eigenvalue weighted by molar-refractivity contribution is 6.01. The maximum atomic E-state index is 13.7. The Kier molecular flexibility index (Phi) is 5.69. The Morgan fingerprint density at radius 3 is 2.73 bits per heavy atom. The van der Waals surface area contributed by atoms with Crippen molar-refractivity contribution in [3.63, 3.8) is 0 Å². The van der Waals surface area contributed by atoms with Gasteiger partial charge >= 0.3 is 0 Å². The van der Waals surface area contributed by atoms with Crippen LogP contribution < -0.4 is 14.8 Å². The molecule has 168 valence electrons. The normalized spacial score (nSPS) is 18.7. The highest BCUT2D eigenvalue weighted by Crippen LogP contribution is 2.45. The molecule has 0 aliphatic carbocycles. The number of amides is 2. The number of benzene rings is 2. The molecule has 0 radical (unpaired) electrons. The van der Waals surface area contributed by atoms with Gasteiger partial charge in [-0.25, -0.2) is 0 Å². The molecule has 0 fully saturated rings. The first-order valence-electron chi connectivity index (χ1n) is 11.1. The monoisotopic (exact) mass is 443 g/mol. The lowest BCUT2D eigenvalue weighted by Crippen LogP contribution is -2.47. The summed E-state index contributed by atoms with van der Waals surface area (Å²) < 4.78 is 11.1. The molecular weight excluding hydrogens is 418 g/mol. The molecule has 2 atom stereocenters. The summed E-state index contributed by atoms with van der Waals surface area (Å²) in [5.74, 6) is 0.505. The van der Waals surface area contributed by atoms with Crippen molar-refractivity contribution in [2.24, 2.45) is 0 Å². The van der Waals surface area contributed by atoms with Crippen molar-refractivity contribution in [2.45, 2.75) is 31.8 Å². The molecule has 3 heterocycles. The van der Waals surface area contributed by atoms with E-state index in [2.05, 4.69) is 10.3 Å². The molecule has 7 heteroatoms. The molecule has 1 N–H and O–H groups in total. The van der Waals surface area contributed by atoms with Crippen LogP contribution in [0.4, 0.5) is 0 Å². The molecule has 2 amide bonds. The van der Waals surface area contributed by atoms with Gasteiger partial charge in [0.1, 0.15) is 0 Å². The minimum Gasteiger partial charge on any atom is -0.454 e. The zero-order chi connectivity index (χ0) is 22.8. The predicted octanol–water partition coefficient (Wildman–Crippen LogP) is 3.82. The third kappa shape index (κ3) is 3.91. The first kappa shape index (κ1) is 21.0. The van der Waals surface area contributed by atoms with Gasteiger partial charge in [0.25, 0.3) is 5.91 Å². The van der Waals surface area contributed by atoms with Crippen LogP contribution in [0.15, 0.2) is 66.9 Å². The van der Waals surface area contributed by atoms with E-state index in [4.69, 9.17) is 9.47 Å². The lowest BCUT2D eigenvalue weighted by molar-refractivity contribution is -0.124. The number of hydrogen-bond donors (Lipinski definition) is 1. The maximum Gasteiger partial charge on any atom is 0.254 e. The Balaban J connectivity index is 1.57. The standard InChI is InChI=1S/C26H25N3O4/c1-2-13-29-24(17-10-11-21-22(14-17)33-16-32-21)23(19-8-3-4-9-20(19)26(29)31)25(30)28-15-18-7-5-6-12-27-18/h3-12,14,23-24H,2,13,15-16H2,1H3,(H,28,30)/t23-,24-/m1/s1. The maximum absolute atomic E-state index is 13.7. The summed E-state index contributed by atoms with van der Waals surface area (Å²) in [4.78, 5) is 33.3. The van der Waals surface area contributed by atoms with Gasteiger partial charge in [-0.3, -0.25) is 14.6 Å². The van der Waals surface area contributed by atoms with Gasteiger partial charge in [0.15, 0.2) is 11.5 Å². The van der Waals surface area contributed by atoms with E-state index in [0.717, 1.165) is 23.2 Å². The quantitative estimate of drug-likeness (QED) is 0.627. The second-order valence-corrected chi connectivity index (χ2v) is 8.16. The molecule has 0 spiro atoms. The molecule has 33 heavy (non-hydrogen) atoms. The van der Waals surface area contributed by atoms with E-state index in [9.17, 15) is 9.59 Å². The summed E-state index contributed by atoms with van der Waals surface area (Å²) in [6.45, 7) is 3.04. The molecule has 3 aromatic rings. The summed E-state index contributed by atoms with van der Waals surface area (Å²) in [6.07, 6.45) is 2.48. The van der Waals surface area contributed by atoms with Crippen LogP contribution in [-0.4, -0.2) is 35.0 Å². The Bertz CT molecular complexity index is 1180. The number of hydrogen-bond acceptors (Lipinski definition) is 5. The number of ether oxygens (including phenoxy) is 2. The first-order chi connectivity index (χ1) is 16.2. The molecule has 2 aromatic carbocycles. The highest BCUT2D eigenvalue weighted by atomic mass is 16.7. The summed E-state index contributed by atoms with van der Waals surface area (Å²) in [5.41, 5.74) is 2.92. The number of rotatable bonds is 6. The lowest BCUT2D eigenvalue weighted by atomic mass is 9.79. The Morgan fingerprint density at radius 2 is 1.91 bits per heavy atom. The Hall–Kier alpha value is -3.87. The van der Waals surface area contributed by atoms with Gasteiger partial charge in [-0.1, -0.05) is 37.3 Å². The van der Waals surface area contributed by atoms with Crippen LogP contribution in [-0.2, 0) is 11.3 Å². The van der Waals surface area contributed by atoms with Crippen molar-refractivity contribution in [1.29, 1.82) is 0 Å². The molecule has 0 saturated heterocycles. The van der Waals surface area contributed by atoms with Crippen molar-refractivity contribution in [1.82, 2.24) is 15.2 Å². The Labute approximate surface area is 192 Å². The summed E-state index contributed by atoms with van der Waals surface area (Å²) in [7, 11) is 0. The molecule has 0 unspecified atom stereocenters. The fourth-order valence-electron chi connectivity index (χ4n) is 4.62. The number of carbonyl (C=O) groups excluding carboxylic acids is 2. The van der Waals surface area contributed by atoms with Gasteiger partial charge in [-0.15, -0.1) is 0 Å². The molecule has 5 rings (SSSR count). The smallest absolute Gasteiger partial charge is 0.254 e. The fraction of sp³-hybridized carbons (Fsp3) is 0.269. The lowest BCUT2D eigenvalue weighted by Gasteiger charge is -2.41. The Morgan fingerprint density at radius 1 is 1.09 bits per heavy atom. The topological polar surface area (TPSA) is 80.8 Å². The SMILES string of the molecule is CCCN1C(=O)c2ccccc2[C@@H](C(=O)NCc2ccccn2)[C@H]1c1ccc2c(c1)OCO2. The average Bonchev–Trinajstić information content (AvgIpc) is 3.33. The molecule has 1 aromatic heterocycles. The van der Waals surface area contributed by atoms with E-state index < -0.39 is 12.0 Å². The van der Waals surface area contributed by atoms with Crippen LogP contribution in [0.5, 0.6) is 11.5 Å². The fourth-order valence-corrected chi connectivity index (χ4v) is 4.62. The van der Waals surface area contributed by atoms with E-state index in [1.165, 1.54) is 0 Å². The van der Waals surface area contributed by atoms with Crippen LogP contribution in [0, 0.1) is 0 Å². The number of fused-ring (bicyclic) bond motifs is 2. The zero-order valence-corrected chi connectivity index (χ0v) is 18.4. The molecule has 0 saturated carbocycles. The van der Waals surface area contributed by atoms with Crippen LogP contribution in [0.25, 0.3) is 0 Å². The average molecular weight is 444 g/mol. The van der Waals surface area contributed by atoms with E-state index in [1.807, 2.05) is 66.4 Å². The third-order valence-electron chi connectivity index (χ3n) is 6.09. The number of carbonyl (C=O) groups is 2. The van der Waals surface area contributed by atoms with E-state index in [0.29, 0.717) is 30.2 Å². The van der Waals surface area contributed by atoms with Gasteiger partial charge in [-0.05, 0) is 47.9 Å². The second-order valence-electron chi connectivity index (χ2n) is 8.16. The first-order valence-corrected chi connectivity index (χ1v) is 11.1. The van der Waals surface area contributed by atoms with Crippen LogP contribution in [0.2, 0.25) is 0 Å². The summed E-state index contributed by atoms with van der Waals surface area (Å²) in [6, 6.07) is 18.2. The van der Waals surface area contributed by atoms with Crippen LogP contribution in [0.3, 0.4) is 0 Å². The summed E-state index contributed by atoms with van der Waals surface area (Å²) in [5, 5.41) is 3.04. The van der Waals surface area contributed by atoms with Gasteiger partial charge in [-0.2, -0.15) is 0 Å². The van der Waals surface area contributed by atoms with Gasteiger partial charge in [0, 0.05) is 18.3 Å². The summed E-state index contributed by atoms with van der Waals surface area (Å²) >= 11 is 0. The van der Waals surface area contributed by atoms with E-state index >= 15 is 0 Å². The van der Waals surface area contributed by atoms with Crippen molar-refractivity contribution in [2.75, 3.05) is 13.3 Å². The molecule has 0 bridgehead atoms. The van der Waals surface area contributed by atoms with Gasteiger partial charge in [0.05, 0.1) is 24.2 Å². The predicted molar refractivity (Wildman–Crippen MR) is 122 cm³/mol. The molecular formula is C26H25N3O4.